The predicted molar refractivity (Wildman–Crippen MR) is 209 cm³/mol. The molecular weight excluding hydrogens is 721 g/mol. The number of hydrogen-bond acceptors (Lipinski definition) is 12. The molecule has 292 valence electrons. The van der Waals surface area contributed by atoms with Crippen LogP contribution in [0.4, 0.5) is 33.1 Å². The van der Waals surface area contributed by atoms with E-state index in [9.17, 15) is 23.6 Å². The number of aryl methyl sites for hydroxylation is 1. The Bertz CT molecular complexity index is 2450. The third-order valence-electron chi connectivity index (χ3n) is 10.2. The lowest BCUT2D eigenvalue weighted by Gasteiger charge is -2.35. The molecule has 5 aromatic rings. The third-order valence-corrected chi connectivity index (χ3v) is 10.2. The van der Waals surface area contributed by atoms with Gasteiger partial charge in [-0.05, 0) is 74.2 Å². The number of aromatic nitrogens is 5. The quantitative estimate of drug-likeness (QED) is 0.135. The number of halogens is 1. The van der Waals surface area contributed by atoms with Crippen LogP contribution in [0.5, 0.6) is 5.75 Å². The fraction of sp³-hybridized carbons (Fsp3) is 0.359. The Hall–Kier alpha value is -6.36. The molecular formula is C39H44FN11O5. The van der Waals surface area contributed by atoms with E-state index in [1.54, 1.807) is 23.9 Å². The SMILES string of the molecule is [2H]C([2H])([2H])NC(=O)c1nnc(Nc2ccc(CN(C)CC3CCN(c4ccc5c(c4)n(C)c(=O)n5C4CCC(=O)NC4=O)CC3)cn2)cc1Nc1cccc(F)c1OC. The summed E-state index contributed by atoms with van der Waals surface area (Å²) < 4.78 is 44.9. The van der Waals surface area contributed by atoms with Gasteiger partial charge in [-0.25, -0.2) is 14.2 Å². The number of fused-ring (bicyclic) bond motifs is 1. The molecule has 17 heteroatoms. The van der Waals surface area contributed by atoms with Gasteiger partial charge in [-0.1, -0.05) is 12.1 Å². The van der Waals surface area contributed by atoms with E-state index in [4.69, 9.17) is 8.85 Å². The topological polar surface area (TPSA) is 181 Å². The highest BCUT2D eigenvalue weighted by Gasteiger charge is 2.31. The monoisotopic (exact) mass is 768 g/mol. The molecule has 3 aromatic heterocycles. The van der Waals surface area contributed by atoms with Gasteiger partial charge in [-0.15, -0.1) is 10.2 Å². The summed E-state index contributed by atoms with van der Waals surface area (Å²) in [4.78, 5) is 59.4. The standard InChI is InChI=1S/C39H44FN11O5/c1-41-38(54)35-28(43-27-7-5-6-26(40)36(27)56-4)19-33(46-47-35)44-32-12-8-24(20-42-32)22-48(2)21-23-14-16-50(17-15-23)25-9-10-29-31(18-25)49(3)39(55)51(29)30-11-13-34(52)45-37(30)53/h5-10,12,18-20,23,30H,11,13-17,21-22H2,1-4H3,(H,41,54)(H,45,52,53)(H2,42,43,44,46)/i1D3. The summed E-state index contributed by atoms with van der Waals surface area (Å²) in [5.74, 6) is -1.43. The van der Waals surface area contributed by atoms with E-state index in [0.717, 1.165) is 49.2 Å². The number of carbonyl (C=O) groups is 3. The number of para-hydroxylation sites is 1. The molecule has 0 bridgehead atoms. The molecule has 0 radical (unpaired) electrons. The molecule has 0 aliphatic carbocycles. The first kappa shape index (κ1) is 34.2. The number of hydrogen-bond donors (Lipinski definition) is 4. The van der Waals surface area contributed by atoms with Crippen LogP contribution >= 0.6 is 0 Å². The number of imidazole rings is 1. The van der Waals surface area contributed by atoms with Crippen LogP contribution in [0.25, 0.3) is 11.0 Å². The van der Waals surface area contributed by atoms with Gasteiger partial charge in [0.15, 0.2) is 23.1 Å². The van der Waals surface area contributed by atoms with Crippen LogP contribution in [0.3, 0.4) is 0 Å². The fourth-order valence-corrected chi connectivity index (χ4v) is 7.43. The Morgan fingerprint density at radius 3 is 2.57 bits per heavy atom. The summed E-state index contributed by atoms with van der Waals surface area (Å²) in [6.45, 7) is 0.488. The highest BCUT2D eigenvalue weighted by Crippen LogP contribution is 2.33. The molecule has 56 heavy (non-hydrogen) atoms. The second-order valence-corrected chi connectivity index (χ2v) is 14.0. The van der Waals surface area contributed by atoms with Crippen LogP contribution in [0, 0.1) is 11.7 Å². The van der Waals surface area contributed by atoms with E-state index in [-0.39, 0.29) is 53.1 Å². The molecule has 16 nitrogen and oxygen atoms in total. The number of nitrogens with zero attached hydrogens (tertiary/aromatic N) is 7. The maximum atomic E-state index is 14.4. The molecule has 1 unspecified atom stereocenters. The Morgan fingerprint density at radius 1 is 1.02 bits per heavy atom. The van der Waals surface area contributed by atoms with Gasteiger partial charge < -0.3 is 30.5 Å². The molecule has 2 aromatic carbocycles. The lowest BCUT2D eigenvalue weighted by molar-refractivity contribution is -0.135. The van der Waals surface area contributed by atoms with E-state index < -0.39 is 30.6 Å². The molecule has 0 spiro atoms. The normalized spacial score (nSPS) is 17.3. The number of rotatable bonds is 12. The molecule has 2 fully saturated rings. The molecule has 1 atom stereocenters. The smallest absolute Gasteiger partial charge is 0.329 e. The summed E-state index contributed by atoms with van der Waals surface area (Å²) in [6.07, 6.45) is 4.20. The van der Waals surface area contributed by atoms with E-state index >= 15 is 0 Å². The second kappa shape index (κ2) is 16.2. The van der Waals surface area contributed by atoms with Crippen LogP contribution in [0.1, 0.15) is 51.9 Å². The Balaban J connectivity index is 0.950. The first-order chi connectivity index (χ1) is 28.2. The minimum absolute atomic E-state index is 0.0481. The van der Waals surface area contributed by atoms with Crippen molar-refractivity contribution in [1.82, 2.24) is 39.8 Å². The van der Waals surface area contributed by atoms with Crippen LogP contribution in [-0.4, -0.2) is 87.7 Å². The lowest BCUT2D eigenvalue weighted by atomic mass is 9.95. The molecule has 2 aliphatic heterocycles. The Labute approximate surface area is 326 Å². The number of ether oxygens (including phenoxy) is 1. The minimum atomic E-state index is -2.78. The molecule has 4 N–H and O–H groups in total. The lowest BCUT2D eigenvalue weighted by Crippen LogP contribution is -2.44. The van der Waals surface area contributed by atoms with Gasteiger partial charge in [0.2, 0.25) is 11.8 Å². The fourth-order valence-electron chi connectivity index (χ4n) is 7.43. The van der Waals surface area contributed by atoms with E-state index in [1.165, 1.54) is 35.9 Å². The van der Waals surface area contributed by atoms with Gasteiger partial charge >= 0.3 is 5.69 Å². The summed E-state index contributed by atoms with van der Waals surface area (Å²) in [5.41, 5.74) is 3.01. The summed E-state index contributed by atoms with van der Waals surface area (Å²) in [7, 11) is 5.07. The van der Waals surface area contributed by atoms with Gasteiger partial charge in [0.05, 0.1) is 29.5 Å². The number of piperidine rings is 2. The van der Waals surface area contributed by atoms with Gasteiger partial charge in [-0.2, -0.15) is 0 Å². The van der Waals surface area contributed by atoms with Crippen molar-refractivity contribution < 1.29 is 27.6 Å². The number of pyridine rings is 1. The number of benzene rings is 2. The van der Waals surface area contributed by atoms with Crippen molar-refractivity contribution in [3.05, 3.63) is 88.4 Å². The van der Waals surface area contributed by atoms with Crippen molar-refractivity contribution in [1.29, 1.82) is 0 Å². The van der Waals surface area contributed by atoms with Crippen molar-refractivity contribution in [3.8, 4) is 5.75 Å². The molecule has 2 aliphatic rings. The number of methoxy groups -OCH3 is 1. The minimum Gasteiger partial charge on any atom is -0.492 e. The number of nitrogens with one attached hydrogen (secondary N) is 4. The van der Waals surface area contributed by atoms with Crippen molar-refractivity contribution in [3.63, 3.8) is 0 Å². The largest absolute Gasteiger partial charge is 0.492 e. The second-order valence-electron chi connectivity index (χ2n) is 14.0. The van der Waals surface area contributed by atoms with Crippen molar-refractivity contribution in [2.24, 2.45) is 13.0 Å². The molecule has 3 amide bonds. The van der Waals surface area contributed by atoms with Crippen molar-refractivity contribution in [2.75, 3.05) is 56.3 Å². The number of amides is 3. The zero-order valence-electron chi connectivity index (χ0n) is 34.1. The summed E-state index contributed by atoms with van der Waals surface area (Å²) in [5, 5.41) is 18.2. The average molecular weight is 769 g/mol. The summed E-state index contributed by atoms with van der Waals surface area (Å²) >= 11 is 0. The highest BCUT2D eigenvalue weighted by atomic mass is 19.1. The summed E-state index contributed by atoms with van der Waals surface area (Å²) in [6, 6.07) is 14.5. The highest BCUT2D eigenvalue weighted by molar-refractivity contribution is 6.00. The predicted octanol–water partition coefficient (Wildman–Crippen LogP) is 3.85. The van der Waals surface area contributed by atoms with Crippen LogP contribution in [0.15, 0.2) is 65.6 Å². The van der Waals surface area contributed by atoms with E-state index in [1.807, 2.05) is 29.6 Å². The first-order valence-electron chi connectivity index (χ1n) is 19.7. The van der Waals surface area contributed by atoms with Gasteiger partial charge in [-0.3, -0.25) is 28.8 Å². The number of carbonyl (C=O) groups excluding carboxylic acids is 3. The Morgan fingerprint density at radius 2 is 1.84 bits per heavy atom. The van der Waals surface area contributed by atoms with E-state index in [0.29, 0.717) is 23.8 Å². The third kappa shape index (κ3) is 7.89. The van der Waals surface area contributed by atoms with Crippen LogP contribution < -0.4 is 36.6 Å². The van der Waals surface area contributed by atoms with E-state index in [2.05, 4.69) is 48.0 Å². The van der Waals surface area contributed by atoms with Crippen LogP contribution in [-0.2, 0) is 23.2 Å². The number of imide groups is 1. The van der Waals surface area contributed by atoms with Crippen LogP contribution in [0.2, 0.25) is 0 Å². The maximum Gasteiger partial charge on any atom is 0.329 e. The van der Waals surface area contributed by atoms with Gasteiger partial charge in [0.25, 0.3) is 5.91 Å². The van der Waals surface area contributed by atoms with Gasteiger partial charge in [0, 0.05) is 68.7 Å². The van der Waals surface area contributed by atoms with Crippen molar-refractivity contribution >= 4 is 57.5 Å². The molecule has 5 heterocycles. The molecule has 0 saturated carbocycles. The average Bonchev–Trinajstić information content (AvgIpc) is 3.43. The zero-order chi connectivity index (χ0) is 42.0. The Kier molecular flexibility index (Phi) is 9.86. The molecule has 2 saturated heterocycles. The first-order valence-corrected chi connectivity index (χ1v) is 18.2. The van der Waals surface area contributed by atoms with Crippen molar-refractivity contribution in [2.45, 2.75) is 38.3 Å². The van der Waals surface area contributed by atoms with Gasteiger partial charge in [0.1, 0.15) is 11.9 Å². The molecule has 7 rings (SSSR count). The number of anilines is 5. The zero-order valence-corrected chi connectivity index (χ0v) is 31.1. The maximum absolute atomic E-state index is 14.4.